The number of aliphatic carboxylic acids is 1. The summed E-state index contributed by atoms with van der Waals surface area (Å²) in [6, 6.07) is 4.26. The normalized spacial score (nSPS) is 10.2. The quantitative estimate of drug-likeness (QED) is 0.821. The molecule has 7 heteroatoms. The molecule has 0 aliphatic carbocycles. The molecule has 0 bridgehead atoms. The molecule has 0 aliphatic heterocycles. The van der Waals surface area contributed by atoms with Crippen LogP contribution in [0.5, 0.6) is 5.75 Å². The molecule has 110 valence electrons. The van der Waals surface area contributed by atoms with Crippen molar-refractivity contribution in [1.82, 2.24) is 4.90 Å². The van der Waals surface area contributed by atoms with Gasteiger partial charge in [0.25, 0.3) is 5.91 Å². The summed E-state index contributed by atoms with van der Waals surface area (Å²) in [4.78, 5) is 23.6. The van der Waals surface area contributed by atoms with Gasteiger partial charge in [0.05, 0.1) is 6.42 Å². The Morgan fingerprint density at radius 2 is 2.15 bits per heavy atom. The fourth-order valence-electron chi connectivity index (χ4n) is 1.51. The zero-order chi connectivity index (χ0) is 15.1. The number of likely N-dealkylation sites (N-methyl/N-ethyl adjacent to an activating group) is 1. The molecule has 0 saturated heterocycles. The minimum atomic E-state index is -0.976. The lowest BCUT2D eigenvalue weighted by Crippen LogP contribution is -2.36. The summed E-state index contributed by atoms with van der Waals surface area (Å²) < 4.78 is 19.2. The van der Waals surface area contributed by atoms with Crippen LogP contribution >= 0.6 is 15.9 Å². The van der Waals surface area contributed by atoms with Crippen molar-refractivity contribution in [2.24, 2.45) is 0 Å². The van der Waals surface area contributed by atoms with E-state index in [1.54, 1.807) is 13.0 Å². The zero-order valence-electron chi connectivity index (χ0n) is 10.9. The average molecular weight is 348 g/mol. The summed E-state index contributed by atoms with van der Waals surface area (Å²) >= 11 is 3.12. The molecular formula is C13H15BrFNO4. The molecular weight excluding hydrogens is 333 g/mol. The Balaban J connectivity index is 2.54. The predicted molar refractivity (Wildman–Crippen MR) is 74.1 cm³/mol. The molecule has 1 aromatic carbocycles. The van der Waals surface area contributed by atoms with E-state index in [0.717, 1.165) is 0 Å². The second-order valence-electron chi connectivity index (χ2n) is 3.98. The third-order valence-electron chi connectivity index (χ3n) is 2.58. The van der Waals surface area contributed by atoms with Crippen LogP contribution in [0.1, 0.15) is 13.3 Å². The minimum Gasteiger partial charge on any atom is -0.481 e. The predicted octanol–water partition coefficient (Wildman–Crippen LogP) is 2.29. The van der Waals surface area contributed by atoms with E-state index in [9.17, 15) is 14.0 Å². The van der Waals surface area contributed by atoms with Crippen molar-refractivity contribution in [3.8, 4) is 5.75 Å². The molecule has 1 rings (SSSR count). The van der Waals surface area contributed by atoms with Crippen LogP contribution in [0.25, 0.3) is 0 Å². The highest BCUT2D eigenvalue weighted by Crippen LogP contribution is 2.21. The molecule has 0 saturated carbocycles. The number of carboxylic acid groups (broad SMARTS) is 1. The van der Waals surface area contributed by atoms with E-state index in [1.165, 1.54) is 17.0 Å². The molecule has 0 atom stereocenters. The van der Waals surface area contributed by atoms with E-state index in [2.05, 4.69) is 15.9 Å². The van der Waals surface area contributed by atoms with Crippen molar-refractivity contribution in [3.05, 3.63) is 28.5 Å². The molecule has 0 fully saturated rings. The van der Waals surface area contributed by atoms with Gasteiger partial charge in [0.15, 0.2) is 18.2 Å². The molecule has 1 aromatic rings. The largest absolute Gasteiger partial charge is 0.481 e. The Morgan fingerprint density at radius 3 is 2.70 bits per heavy atom. The summed E-state index contributed by atoms with van der Waals surface area (Å²) in [5.74, 6) is -1.94. The first-order chi connectivity index (χ1) is 9.43. The number of nitrogens with zero attached hydrogens (tertiary/aromatic N) is 1. The van der Waals surface area contributed by atoms with Crippen LogP contribution in [0.3, 0.4) is 0 Å². The summed E-state index contributed by atoms with van der Waals surface area (Å²) in [6.07, 6.45) is -0.133. The van der Waals surface area contributed by atoms with Crippen molar-refractivity contribution in [2.75, 3.05) is 19.7 Å². The maximum atomic E-state index is 13.5. The first-order valence-electron chi connectivity index (χ1n) is 6.01. The minimum absolute atomic E-state index is 0.0177. The second-order valence-corrected chi connectivity index (χ2v) is 4.90. The number of hydrogen-bond acceptors (Lipinski definition) is 3. The molecule has 1 amide bonds. The summed E-state index contributed by atoms with van der Waals surface area (Å²) in [5.41, 5.74) is 0. The van der Waals surface area contributed by atoms with Gasteiger partial charge in [0.2, 0.25) is 0 Å². The molecule has 0 spiro atoms. The second kappa shape index (κ2) is 7.84. The van der Waals surface area contributed by atoms with Crippen molar-refractivity contribution >= 4 is 27.8 Å². The lowest BCUT2D eigenvalue weighted by atomic mass is 10.3. The van der Waals surface area contributed by atoms with Gasteiger partial charge in [0, 0.05) is 17.6 Å². The smallest absolute Gasteiger partial charge is 0.305 e. The number of carboxylic acids is 1. The van der Waals surface area contributed by atoms with E-state index in [4.69, 9.17) is 9.84 Å². The number of ether oxygens (including phenoxy) is 1. The van der Waals surface area contributed by atoms with Gasteiger partial charge in [-0.2, -0.15) is 0 Å². The number of carbonyl (C=O) groups excluding carboxylic acids is 1. The molecule has 0 aromatic heterocycles. The molecule has 0 heterocycles. The first-order valence-corrected chi connectivity index (χ1v) is 6.80. The van der Waals surface area contributed by atoms with Gasteiger partial charge in [0.1, 0.15) is 0 Å². The number of rotatable bonds is 7. The van der Waals surface area contributed by atoms with Gasteiger partial charge in [-0.05, 0) is 25.1 Å². The number of carbonyl (C=O) groups is 2. The molecule has 20 heavy (non-hydrogen) atoms. The fourth-order valence-corrected chi connectivity index (χ4v) is 1.85. The van der Waals surface area contributed by atoms with Crippen LogP contribution < -0.4 is 4.74 Å². The Bertz CT molecular complexity index is 495. The lowest BCUT2D eigenvalue weighted by Gasteiger charge is -2.20. The van der Waals surface area contributed by atoms with Crippen molar-refractivity contribution in [1.29, 1.82) is 0 Å². The van der Waals surface area contributed by atoms with Crippen LogP contribution in [0.2, 0.25) is 0 Å². The molecule has 0 aliphatic rings. The first kappa shape index (κ1) is 16.4. The zero-order valence-corrected chi connectivity index (χ0v) is 12.5. The highest BCUT2D eigenvalue weighted by atomic mass is 79.9. The number of halogens is 2. The fraction of sp³-hybridized carbons (Fsp3) is 0.385. The Labute approximate surface area is 124 Å². The maximum Gasteiger partial charge on any atom is 0.305 e. The SMILES string of the molecule is CCN(CCC(=O)O)C(=O)COc1ccc(Br)cc1F. The van der Waals surface area contributed by atoms with Crippen LogP contribution in [0.4, 0.5) is 4.39 Å². The van der Waals surface area contributed by atoms with Crippen molar-refractivity contribution < 1.29 is 23.8 Å². The van der Waals surface area contributed by atoms with E-state index < -0.39 is 11.8 Å². The number of hydrogen-bond donors (Lipinski definition) is 1. The molecule has 5 nitrogen and oxygen atoms in total. The van der Waals surface area contributed by atoms with E-state index in [0.29, 0.717) is 11.0 Å². The molecule has 0 unspecified atom stereocenters. The maximum absolute atomic E-state index is 13.5. The van der Waals surface area contributed by atoms with Gasteiger partial charge in [-0.15, -0.1) is 0 Å². The van der Waals surface area contributed by atoms with Crippen LogP contribution in [-0.4, -0.2) is 41.6 Å². The number of benzene rings is 1. The highest BCUT2D eigenvalue weighted by Gasteiger charge is 2.14. The van der Waals surface area contributed by atoms with E-state index >= 15 is 0 Å². The third-order valence-corrected chi connectivity index (χ3v) is 3.07. The average Bonchev–Trinajstić information content (AvgIpc) is 2.38. The topological polar surface area (TPSA) is 66.8 Å². The summed E-state index contributed by atoms with van der Waals surface area (Å²) in [6.45, 7) is 1.89. The highest BCUT2D eigenvalue weighted by molar-refractivity contribution is 9.10. The van der Waals surface area contributed by atoms with Gasteiger partial charge >= 0.3 is 5.97 Å². The lowest BCUT2D eigenvalue weighted by molar-refractivity contribution is -0.139. The van der Waals surface area contributed by atoms with Gasteiger partial charge in [-0.1, -0.05) is 15.9 Å². The Morgan fingerprint density at radius 1 is 1.45 bits per heavy atom. The van der Waals surface area contributed by atoms with Crippen LogP contribution in [-0.2, 0) is 9.59 Å². The van der Waals surface area contributed by atoms with E-state index in [1.807, 2.05) is 0 Å². The standard InChI is InChI=1S/C13H15BrFNO4/c1-2-16(6-5-13(18)19)12(17)8-20-11-4-3-9(14)7-10(11)15/h3-4,7H,2,5-6,8H2,1H3,(H,18,19). The molecule has 0 radical (unpaired) electrons. The van der Waals surface area contributed by atoms with Crippen LogP contribution in [0.15, 0.2) is 22.7 Å². The van der Waals surface area contributed by atoms with Gasteiger partial charge < -0.3 is 14.7 Å². The van der Waals surface area contributed by atoms with Gasteiger partial charge in [-0.3, -0.25) is 9.59 Å². The van der Waals surface area contributed by atoms with Gasteiger partial charge in [-0.25, -0.2) is 4.39 Å². The van der Waals surface area contributed by atoms with Crippen LogP contribution in [0, 0.1) is 5.82 Å². The van der Waals surface area contributed by atoms with Crippen molar-refractivity contribution in [3.63, 3.8) is 0 Å². The Kier molecular flexibility index (Phi) is 6.44. The van der Waals surface area contributed by atoms with Crippen molar-refractivity contribution in [2.45, 2.75) is 13.3 Å². The molecule has 1 N–H and O–H groups in total. The number of amides is 1. The van der Waals surface area contributed by atoms with E-state index in [-0.39, 0.29) is 31.2 Å². The summed E-state index contributed by atoms with van der Waals surface area (Å²) in [5, 5.41) is 8.59. The third kappa shape index (κ3) is 5.16. The monoisotopic (exact) mass is 347 g/mol. The Hall–Kier alpha value is -1.63. The summed E-state index contributed by atoms with van der Waals surface area (Å²) in [7, 11) is 0.